The van der Waals surface area contributed by atoms with E-state index in [0.717, 1.165) is 10.6 Å². The number of hydrogen-bond donors (Lipinski definition) is 0. The lowest BCUT2D eigenvalue weighted by Crippen LogP contribution is -2.37. The summed E-state index contributed by atoms with van der Waals surface area (Å²) in [6.07, 6.45) is 1.15. The first-order chi connectivity index (χ1) is 10.3. The summed E-state index contributed by atoms with van der Waals surface area (Å²) >= 11 is 0. The number of nitriles is 1. The molecule has 0 aliphatic carbocycles. The third kappa shape index (κ3) is 4.46. The predicted molar refractivity (Wildman–Crippen MR) is 85.9 cm³/mol. The number of nitrogens with zero attached hydrogens (tertiary/aromatic N) is 3. The summed E-state index contributed by atoms with van der Waals surface area (Å²) in [4.78, 5) is 13.7. The van der Waals surface area contributed by atoms with Gasteiger partial charge < -0.3 is 4.90 Å². The summed E-state index contributed by atoms with van der Waals surface area (Å²) in [6.45, 7) is 4.94. The van der Waals surface area contributed by atoms with Gasteiger partial charge in [-0.15, -0.1) is 0 Å². The second-order valence-corrected chi connectivity index (χ2v) is 6.69. The molecule has 0 spiro atoms. The van der Waals surface area contributed by atoms with E-state index in [9.17, 15) is 13.2 Å². The Morgan fingerprint density at radius 3 is 2.32 bits per heavy atom. The Morgan fingerprint density at radius 1 is 1.23 bits per heavy atom. The molecule has 0 bridgehead atoms. The van der Waals surface area contributed by atoms with E-state index in [1.54, 1.807) is 29.2 Å². The van der Waals surface area contributed by atoms with Crippen LogP contribution in [0.4, 0.5) is 5.69 Å². The SMILES string of the molecule is CCN(CC)C(=O)CCN(c1ccccc1C#N)S(C)(=O)=O. The van der Waals surface area contributed by atoms with Gasteiger partial charge >= 0.3 is 0 Å². The van der Waals surface area contributed by atoms with Gasteiger partial charge in [0, 0.05) is 26.1 Å². The minimum Gasteiger partial charge on any atom is -0.343 e. The molecule has 120 valence electrons. The first-order valence-corrected chi connectivity index (χ1v) is 8.94. The second-order valence-electron chi connectivity index (χ2n) is 4.78. The van der Waals surface area contributed by atoms with Crippen LogP contribution < -0.4 is 4.31 Å². The lowest BCUT2D eigenvalue weighted by atomic mass is 10.2. The highest BCUT2D eigenvalue weighted by atomic mass is 32.2. The molecule has 1 rings (SSSR count). The van der Waals surface area contributed by atoms with Gasteiger partial charge in [-0.3, -0.25) is 9.10 Å². The van der Waals surface area contributed by atoms with Crippen LogP contribution in [0.2, 0.25) is 0 Å². The monoisotopic (exact) mass is 323 g/mol. The number of carbonyl (C=O) groups is 1. The summed E-state index contributed by atoms with van der Waals surface area (Å²) in [5.41, 5.74) is 0.572. The van der Waals surface area contributed by atoms with E-state index in [1.807, 2.05) is 19.9 Å². The topological polar surface area (TPSA) is 81.5 Å². The van der Waals surface area contributed by atoms with Crippen molar-refractivity contribution in [3.8, 4) is 6.07 Å². The van der Waals surface area contributed by atoms with Crippen molar-refractivity contribution < 1.29 is 13.2 Å². The van der Waals surface area contributed by atoms with Crippen LogP contribution in [0.15, 0.2) is 24.3 Å². The Kier molecular flexibility index (Phi) is 6.38. The summed E-state index contributed by atoms with van der Waals surface area (Å²) in [6, 6.07) is 8.44. The first kappa shape index (κ1) is 18.0. The largest absolute Gasteiger partial charge is 0.343 e. The number of anilines is 1. The average Bonchev–Trinajstić information content (AvgIpc) is 2.47. The first-order valence-electron chi connectivity index (χ1n) is 7.09. The summed E-state index contributed by atoms with van der Waals surface area (Å²) < 4.78 is 25.1. The van der Waals surface area contributed by atoms with Crippen molar-refractivity contribution in [2.45, 2.75) is 20.3 Å². The van der Waals surface area contributed by atoms with Gasteiger partial charge in [0.25, 0.3) is 0 Å². The van der Waals surface area contributed by atoms with E-state index in [0.29, 0.717) is 18.8 Å². The number of para-hydroxylation sites is 1. The van der Waals surface area contributed by atoms with Crippen LogP contribution >= 0.6 is 0 Å². The van der Waals surface area contributed by atoms with Gasteiger partial charge in [-0.2, -0.15) is 5.26 Å². The zero-order valence-electron chi connectivity index (χ0n) is 13.1. The number of rotatable bonds is 7. The molecule has 0 saturated heterocycles. The van der Waals surface area contributed by atoms with Crippen molar-refractivity contribution in [1.29, 1.82) is 5.26 Å². The number of amides is 1. The lowest BCUT2D eigenvalue weighted by Gasteiger charge is -2.25. The van der Waals surface area contributed by atoms with Gasteiger partial charge in [0.15, 0.2) is 0 Å². The standard InChI is InChI=1S/C15H21N3O3S/c1-4-17(5-2)15(19)10-11-18(22(3,20)21)14-9-7-6-8-13(14)12-16/h6-9H,4-5,10-11H2,1-3H3. The number of carbonyl (C=O) groups excluding carboxylic acids is 1. The maximum atomic E-state index is 12.1. The van der Waals surface area contributed by atoms with E-state index in [1.165, 1.54) is 0 Å². The molecule has 0 saturated carbocycles. The number of hydrogen-bond acceptors (Lipinski definition) is 4. The van der Waals surface area contributed by atoms with Crippen LogP contribution in [0.3, 0.4) is 0 Å². The number of sulfonamides is 1. The fourth-order valence-electron chi connectivity index (χ4n) is 2.18. The van der Waals surface area contributed by atoms with Crippen LogP contribution in [0, 0.1) is 11.3 Å². The molecule has 1 aromatic rings. The van der Waals surface area contributed by atoms with Crippen LogP contribution in [0.5, 0.6) is 0 Å². The van der Waals surface area contributed by atoms with E-state index in [-0.39, 0.29) is 24.4 Å². The van der Waals surface area contributed by atoms with Gasteiger partial charge in [0.2, 0.25) is 15.9 Å². The fourth-order valence-corrected chi connectivity index (χ4v) is 3.12. The molecule has 0 fully saturated rings. The van der Waals surface area contributed by atoms with Crippen molar-refractivity contribution in [2.24, 2.45) is 0 Å². The van der Waals surface area contributed by atoms with Crippen LogP contribution in [-0.4, -0.2) is 45.1 Å². The van der Waals surface area contributed by atoms with E-state index < -0.39 is 10.0 Å². The normalized spacial score (nSPS) is 10.8. The molecule has 0 aliphatic heterocycles. The van der Waals surface area contributed by atoms with Crippen molar-refractivity contribution >= 4 is 21.6 Å². The zero-order valence-corrected chi connectivity index (χ0v) is 13.9. The molecular formula is C15H21N3O3S. The molecule has 7 heteroatoms. The van der Waals surface area contributed by atoms with Crippen LogP contribution in [0.25, 0.3) is 0 Å². The Balaban J connectivity index is 3.03. The molecule has 22 heavy (non-hydrogen) atoms. The maximum Gasteiger partial charge on any atom is 0.232 e. The highest BCUT2D eigenvalue weighted by molar-refractivity contribution is 7.92. The van der Waals surface area contributed by atoms with Crippen molar-refractivity contribution in [3.05, 3.63) is 29.8 Å². The molecule has 6 nitrogen and oxygen atoms in total. The quantitative estimate of drug-likeness (QED) is 0.763. The Hall–Kier alpha value is -2.07. The lowest BCUT2D eigenvalue weighted by molar-refractivity contribution is -0.130. The highest BCUT2D eigenvalue weighted by Crippen LogP contribution is 2.22. The second kappa shape index (κ2) is 7.80. The van der Waals surface area contributed by atoms with Gasteiger partial charge in [0.1, 0.15) is 6.07 Å². The van der Waals surface area contributed by atoms with E-state index in [4.69, 9.17) is 5.26 Å². The molecule has 1 aromatic carbocycles. The van der Waals surface area contributed by atoms with Crippen molar-refractivity contribution in [3.63, 3.8) is 0 Å². The summed E-state index contributed by atoms with van der Waals surface area (Å²) in [7, 11) is -3.57. The Morgan fingerprint density at radius 2 is 1.82 bits per heavy atom. The molecule has 0 aliphatic rings. The molecule has 0 heterocycles. The Labute approximate surface area is 132 Å². The molecular weight excluding hydrogens is 302 g/mol. The molecule has 0 atom stereocenters. The van der Waals surface area contributed by atoms with Crippen LogP contribution in [-0.2, 0) is 14.8 Å². The van der Waals surface area contributed by atoms with Crippen molar-refractivity contribution in [2.75, 3.05) is 30.2 Å². The van der Waals surface area contributed by atoms with Gasteiger partial charge in [-0.25, -0.2) is 8.42 Å². The molecule has 0 unspecified atom stereocenters. The summed E-state index contributed by atoms with van der Waals surface area (Å²) in [5.74, 6) is -0.104. The van der Waals surface area contributed by atoms with Gasteiger partial charge in [-0.1, -0.05) is 12.1 Å². The Bertz CT molecular complexity index is 661. The number of benzene rings is 1. The maximum absolute atomic E-state index is 12.1. The van der Waals surface area contributed by atoms with E-state index >= 15 is 0 Å². The smallest absolute Gasteiger partial charge is 0.232 e. The zero-order chi connectivity index (χ0) is 16.8. The third-order valence-corrected chi connectivity index (χ3v) is 4.52. The highest BCUT2D eigenvalue weighted by Gasteiger charge is 2.22. The summed E-state index contributed by atoms with van der Waals surface area (Å²) in [5, 5.41) is 9.13. The molecule has 0 aromatic heterocycles. The minimum atomic E-state index is -3.57. The predicted octanol–water partition coefficient (Wildman–Crippen LogP) is 1.58. The van der Waals surface area contributed by atoms with Crippen molar-refractivity contribution in [1.82, 2.24) is 4.90 Å². The van der Waals surface area contributed by atoms with Gasteiger partial charge in [-0.05, 0) is 26.0 Å². The average molecular weight is 323 g/mol. The molecule has 0 N–H and O–H groups in total. The third-order valence-electron chi connectivity index (χ3n) is 3.34. The molecule has 0 radical (unpaired) electrons. The van der Waals surface area contributed by atoms with Gasteiger partial charge in [0.05, 0.1) is 17.5 Å². The van der Waals surface area contributed by atoms with Crippen LogP contribution in [0.1, 0.15) is 25.8 Å². The minimum absolute atomic E-state index is 0.0207. The van der Waals surface area contributed by atoms with E-state index in [2.05, 4.69) is 0 Å². The molecule has 1 amide bonds. The fraction of sp³-hybridized carbons (Fsp3) is 0.467.